The van der Waals surface area contributed by atoms with Crippen LogP contribution in [0.4, 0.5) is 0 Å². The third-order valence-corrected chi connectivity index (χ3v) is 3.21. The van der Waals surface area contributed by atoms with Gasteiger partial charge >= 0.3 is 0 Å². The first-order valence-electron chi connectivity index (χ1n) is 4.10. The molecule has 0 atom stereocenters. The number of hydrogen-bond donors (Lipinski definition) is 0. The van der Waals surface area contributed by atoms with Crippen LogP contribution in [0.2, 0.25) is 0 Å². The molecule has 1 aliphatic rings. The van der Waals surface area contributed by atoms with E-state index in [1.165, 1.54) is 11.8 Å². The van der Waals surface area contributed by atoms with Gasteiger partial charge in [0.1, 0.15) is 4.32 Å². The highest BCUT2D eigenvalue weighted by Gasteiger charge is 2.26. The Bertz CT molecular complexity index is 304. The number of nitrogens with zero attached hydrogens (tertiary/aromatic N) is 1. The molecular formula is C10H11NOS2. The van der Waals surface area contributed by atoms with Gasteiger partial charge in [-0.15, -0.1) is 0 Å². The fraction of sp³-hybridized carbons (Fsp3) is 0.200. The van der Waals surface area contributed by atoms with Crippen LogP contribution in [0.1, 0.15) is 0 Å². The van der Waals surface area contributed by atoms with Gasteiger partial charge in [0.05, 0.1) is 12.3 Å². The van der Waals surface area contributed by atoms with Crippen LogP contribution < -0.4 is 0 Å². The largest absolute Gasteiger partial charge is 0.293 e. The summed E-state index contributed by atoms with van der Waals surface area (Å²) >= 11 is 6.45. The van der Waals surface area contributed by atoms with Gasteiger partial charge < -0.3 is 0 Å². The maximum absolute atomic E-state index is 11.4. The first kappa shape index (κ1) is 11.2. The van der Waals surface area contributed by atoms with E-state index >= 15 is 0 Å². The minimum Gasteiger partial charge on any atom is -0.293 e. The van der Waals surface area contributed by atoms with Crippen molar-refractivity contribution in [2.24, 2.45) is 0 Å². The fourth-order valence-electron chi connectivity index (χ4n) is 1.05. The molecule has 1 aliphatic heterocycles. The maximum Gasteiger partial charge on any atom is 0.238 e. The molecule has 0 aromatic carbocycles. The van der Waals surface area contributed by atoms with E-state index in [-0.39, 0.29) is 5.91 Å². The predicted molar refractivity (Wildman–Crippen MR) is 65.2 cm³/mol. The minimum absolute atomic E-state index is 0.0665. The van der Waals surface area contributed by atoms with Crippen LogP contribution >= 0.6 is 24.0 Å². The van der Waals surface area contributed by atoms with E-state index in [0.717, 1.165) is 5.57 Å². The van der Waals surface area contributed by atoms with E-state index in [0.29, 0.717) is 16.6 Å². The number of amides is 1. The van der Waals surface area contributed by atoms with Gasteiger partial charge in [0, 0.05) is 0 Å². The molecule has 0 N–H and O–H groups in total. The Labute approximate surface area is 93.4 Å². The van der Waals surface area contributed by atoms with Crippen LogP contribution in [0, 0.1) is 0 Å². The van der Waals surface area contributed by atoms with Crippen molar-refractivity contribution < 1.29 is 4.79 Å². The molecule has 0 unspecified atom stereocenters. The van der Waals surface area contributed by atoms with Crippen LogP contribution in [0.5, 0.6) is 0 Å². The van der Waals surface area contributed by atoms with E-state index in [9.17, 15) is 4.79 Å². The second-order valence-corrected chi connectivity index (χ2v) is 4.33. The maximum atomic E-state index is 11.4. The molecule has 1 amide bonds. The molecule has 0 aliphatic carbocycles. The first-order chi connectivity index (χ1) is 6.69. The highest BCUT2D eigenvalue weighted by molar-refractivity contribution is 8.23. The van der Waals surface area contributed by atoms with Gasteiger partial charge in [-0.05, 0) is 5.57 Å². The smallest absolute Gasteiger partial charge is 0.238 e. The van der Waals surface area contributed by atoms with Crippen LogP contribution in [0.15, 0.2) is 37.0 Å². The average Bonchev–Trinajstić information content (AvgIpc) is 2.48. The van der Waals surface area contributed by atoms with Crippen LogP contribution in [0.3, 0.4) is 0 Å². The number of carbonyl (C=O) groups is 1. The second kappa shape index (κ2) is 5.12. The summed E-state index contributed by atoms with van der Waals surface area (Å²) in [5, 5.41) is 0. The number of allylic oxidation sites excluding steroid dienone is 2. The Kier molecular flexibility index (Phi) is 4.10. The van der Waals surface area contributed by atoms with Crippen molar-refractivity contribution in [2.75, 3.05) is 12.3 Å². The molecule has 74 valence electrons. The van der Waals surface area contributed by atoms with Crippen molar-refractivity contribution in [1.82, 2.24) is 4.90 Å². The van der Waals surface area contributed by atoms with Gasteiger partial charge in [-0.1, -0.05) is 55.4 Å². The summed E-state index contributed by atoms with van der Waals surface area (Å²) in [6.45, 7) is 7.76. The first-order valence-corrected chi connectivity index (χ1v) is 5.49. The van der Waals surface area contributed by atoms with Crippen LogP contribution in [0.25, 0.3) is 0 Å². The Morgan fingerprint density at radius 2 is 2.36 bits per heavy atom. The quantitative estimate of drug-likeness (QED) is 0.540. The van der Waals surface area contributed by atoms with Gasteiger partial charge in [0.25, 0.3) is 0 Å². The summed E-state index contributed by atoms with van der Waals surface area (Å²) in [6.07, 6.45) is 5.21. The third-order valence-electron chi connectivity index (χ3n) is 1.78. The molecule has 0 saturated carbocycles. The monoisotopic (exact) mass is 225 g/mol. The molecule has 0 spiro atoms. The summed E-state index contributed by atoms with van der Waals surface area (Å²) in [7, 11) is 0. The van der Waals surface area contributed by atoms with Crippen molar-refractivity contribution in [3.8, 4) is 0 Å². The molecule has 14 heavy (non-hydrogen) atoms. The highest BCUT2D eigenvalue weighted by Crippen LogP contribution is 2.20. The van der Waals surface area contributed by atoms with Crippen molar-refractivity contribution in [3.05, 3.63) is 37.0 Å². The molecule has 1 saturated heterocycles. The van der Waals surface area contributed by atoms with E-state index in [1.807, 2.05) is 6.08 Å². The van der Waals surface area contributed by atoms with Gasteiger partial charge in [0.15, 0.2) is 0 Å². The van der Waals surface area contributed by atoms with E-state index in [4.69, 9.17) is 12.2 Å². The summed E-state index contributed by atoms with van der Waals surface area (Å²) < 4.78 is 0.645. The Hall–Kier alpha value is -0.870. The lowest BCUT2D eigenvalue weighted by Gasteiger charge is -2.14. The van der Waals surface area contributed by atoms with Gasteiger partial charge in [0.2, 0.25) is 5.91 Å². The van der Waals surface area contributed by atoms with E-state index in [1.54, 1.807) is 17.1 Å². The number of carbonyl (C=O) groups excluding carboxylic acids is 1. The topological polar surface area (TPSA) is 20.3 Å². The lowest BCUT2D eigenvalue weighted by Crippen LogP contribution is -2.30. The summed E-state index contributed by atoms with van der Waals surface area (Å²) in [5.41, 5.74) is 0.943. The highest BCUT2D eigenvalue weighted by atomic mass is 32.2. The molecule has 0 bridgehead atoms. The minimum atomic E-state index is 0.0665. The van der Waals surface area contributed by atoms with Crippen molar-refractivity contribution in [1.29, 1.82) is 0 Å². The third kappa shape index (κ3) is 2.56. The molecule has 4 heteroatoms. The van der Waals surface area contributed by atoms with Crippen molar-refractivity contribution >= 4 is 34.2 Å². The molecule has 1 rings (SSSR count). The summed E-state index contributed by atoms with van der Waals surface area (Å²) in [4.78, 5) is 13.0. The molecular weight excluding hydrogens is 214 g/mol. The fourth-order valence-corrected chi connectivity index (χ4v) is 2.12. The van der Waals surface area contributed by atoms with Gasteiger partial charge in [-0.25, -0.2) is 0 Å². The normalized spacial score (nSPS) is 17.4. The molecule has 0 aromatic rings. The second-order valence-electron chi connectivity index (χ2n) is 2.72. The zero-order chi connectivity index (χ0) is 10.6. The number of hydrogen-bond acceptors (Lipinski definition) is 3. The number of thiocarbonyl (C=S) groups is 1. The van der Waals surface area contributed by atoms with Gasteiger partial charge in [-0.3, -0.25) is 9.69 Å². The molecule has 2 nitrogen and oxygen atoms in total. The lowest BCUT2D eigenvalue weighted by atomic mass is 10.2. The lowest BCUT2D eigenvalue weighted by molar-refractivity contribution is -0.123. The number of thioether (sulfide) groups is 1. The predicted octanol–water partition coefficient (Wildman–Crippen LogP) is 2.15. The van der Waals surface area contributed by atoms with E-state index < -0.39 is 0 Å². The molecule has 0 aromatic heterocycles. The van der Waals surface area contributed by atoms with Gasteiger partial charge in [-0.2, -0.15) is 0 Å². The Morgan fingerprint density at radius 3 is 2.79 bits per heavy atom. The summed E-state index contributed by atoms with van der Waals surface area (Å²) in [5.74, 6) is 0.522. The van der Waals surface area contributed by atoms with Crippen LogP contribution in [-0.2, 0) is 4.79 Å². The Balaban J connectivity index is 2.71. The number of rotatable bonds is 4. The van der Waals surface area contributed by atoms with Crippen molar-refractivity contribution in [3.63, 3.8) is 0 Å². The summed E-state index contributed by atoms with van der Waals surface area (Å²) in [6, 6.07) is 0. The van der Waals surface area contributed by atoms with Crippen molar-refractivity contribution in [2.45, 2.75) is 0 Å². The van der Waals surface area contributed by atoms with E-state index in [2.05, 4.69) is 13.2 Å². The molecule has 1 heterocycles. The Morgan fingerprint density at radius 1 is 1.64 bits per heavy atom. The zero-order valence-corrected chi connectivity index (χ0v) is 9.37. The molecule has 0 radical (unpaired) electrons. The standard InChI is InChI=1S/C10H11NOS2/c1-3-5-8(4-2)6-11-9(12)7-14-10(11)13/h3-5H,1-2,6-7H2/b8-5+. The SMILES string of the molecule is C=C/C=C(\C=C)CN1C(=O)CSC1=S. The molecule has 1 fully saturated rings. The average molecular weight is 225 g/mol. The zero-order valence-electron chi connectivity index (χ0n) is 7.73. The van der Waals surface area contributed by atoms with Crippen LogP contribution in [-0.4, -0.2) is 27.4 Å².